The molecular weight excluding hydrogens is 324 g/mol. The zero-order valence-electron chi connectivity index (χ0n) is 15.2. The van der Waals surface area contributed by atoms with Crippen molar-refractivity contribution in [3.05, 3.63) is 71.6 Å². The zero-order chi connectivity index (χ0) is 18.3. The van der Waals surface area contributed by atoms with Gasteiger partial charge in [0.2, 0.25) is 0 Å². The van der Waals surface area contributed by atoms with Crippen LogP contribution >= 0.6 is 0 Å². The standard InChI is InChI=1S/C22H22N2O2/c1-22(2)14-24(21(25)15-7-6-8-16(13-15)26-3)12-11-19-20(22)17-9-4-5-10-18(17)23-19/h4-13,23H,14H2,1-3H3. The lowest BCUT2D eigenvalue weighted by molar-refractivity contribution is 0.0801. The van der Waals surface area contributed by atoms with E-state index in [0.717, 1.165) is 11.2 Å². The third-order valence-corrected chi connectivity index (χ3v) is 4.98. The van der Waals surface area contributed by atoms with Crippen molar-refractivity contribution >= 4 is 22.9 Å². The fraction of sp³-hybridized carbons (Fsp3) is 0.227. The van der Waals surface area contributed by atoms with Crippen LogP contribution in [0.15, 0.2) is 54.7 Å². The van der Waals surface area contributed by atoms with Crippen molar-refractivity contribution < 1.29 is 9.53 Å². The number of rotatable bonds is 2. The number of hydrogen-bond donors (Lipinski definition) is 1. The molecule has 0 bridgehead atoms. The lowest BCUT2D eigenvalue weighted by Gasteiger charge is -2.29. The maximum Gasteiger partial charge on any atom is 0.257 e. The molecule has 26 heavy (non-hydrogen) atoms. The molecule has 132 valence electrons. The Kier molecular flexibility index (Phi) is 3.83. The first-order chi connectivity index (χ1) is 12.5. The number of methoxy groups -OCH3 is 1. The highest BCUT2D eigenvalue weighted by atomic mass is 16.5. The zero-order valence-corrected chi connectivity index (χ0v) is 15.2. The summed E-state index contributed by atoms with van der Waals surface area (Å²) in [5.41, 5.74) is 3.89. The quantitative estimate of drug-likeness (QED) is 0.738. The van der Waals surface area contributed by atoms with Gasteiger partial charge in [0.05, 0.1) is 7.11 Å². The van der Waals surface area contributed by atoms with Gasteiger partial charge in [-0.3, -0.25) is 4.79 Å². The molecule has 4 heteroatoms. The second-order valence-electron chi connectivity index (χ2n) is 7.32. The average molecular weight is 346 g/mol. The van der Waals surface area contributed by atoms with E-state index in [2.05, 4.69) is 37.0 Å². The van der Waals surface area contributed by atoms with Crippen LogP contribution in [0.25, 0.3) is 17.0 Å². The predicted octanol–water partition coefficient (Wildman–Crippen LogP) is 4.58. The number of hydrogen-bond acceptors (Lipinski definition) is 2. The van der Waals surface area contributed by atoms with Crippen molar-refractivity contribution in [3.63, 3.8) is 0 Å². The van der Waals surface area contributed by atoms with Gasteiger partial charge in [0, 0.05) is 40.3 Å². The van der Waals surface area contributed by atoms with Crippen LogP contribution < -0.4 is 4.74 Å². The maximum atomic E-state index is 13.1. The Morgan fingerprint density at radius 1 is 1.15 bits per heavy atom. The van der Waals surface area contributed by atoms with E-state index in [1.165, 1.54) is 10.9 Å². The van der Waals surface area contributed by atoms with Crippen LogP contribution in [-0.2, 0) is 5.41 Å². The first-order valence-corrected chi connectivity index (χ1v) is 8.74. The summed E-state index contributed by atoms with van der Waals surface area (Å²) < 4.78 is 5.25. The summed E-state index contributed by atoms with van der Waals surface area (Å²) in [6.07, 6.45) is 3.88. The number of ether oxygens (including phenoxy) is 1. The lowest BCUT2D eigenvalue weighted by Crippen LogP contribution is -2.36. The fourth-order valence-electron chi connectivity index (χ4n) is 3.80. The second-order valence-corrected chi connectivity index (χ2v) is 7.32. The molecule has 1 aromatic heterocycles. The number of para-hydroxylation sites is 1. The molecule has 1 aliphatic heterocycles. The lowest BCUT2D eigenvalue weighted by atomic mass is 9.82. The van der Waals surface area contributed by atoms with Crippen molar-refractivity contribution in [2.45, 2.75) is 19.3 Å². The van der Waals surface area contributed by atoms with Gasteiger partial charge < -0.3 is 14.6 Å². The summed E-state index contributed by atoms with van der Waals surface area (Å²) >= 11 is 0. The molecule has 2 aromatic carbocycles. The molecule has 0 saturated carbocycles. The van der Waals surface area contributed by atoms with Gasteiger partial charge in [0.1, 0.15) is 5.75 Å². The molecule has 3 aromatic rings. The van der Waals surface area contributed by atoms with Crippen LogP contribution in [0.2, 0.25) is 0 Å². The Morgan fingerprint density at radius 2 is 1.96 bits per heavy atom. The number of aromatic amines is 1. The van der Waals surface area contributed by atoms with Crippen molar-refractivity contribution in [3.8, 4) is 5.75 Å². The predicted molar refractivity (Wildman–Crippen MR) is 104 cm³/mol. The van der Waals surface area contributed by atoms with E-state index < -0.39 is 0 Å². The van der Waals surface area contributed by atoms with Crippen LogP contribution in [0.3, 0.4) is 0 Å². The monoisotopic (exact) mass is 346 g/mol. The molecule has 0 spiro atoms. The third-order valence-electron chi connectivity index (χ3n) is 4.98. The Balaban J connectivity index is 1.74. The van der Waals surface area contributed by atoms with E-state index >= 15 is 0 Å². The van der Waals surface area contributed by atoms with Gasteiger partial charge in [0.15, 0.2) is 0 Å². The Bertz CT molecular complexity index is 1010. The van der Waals surface area contributed by atoms with Gasteiger partial charge in [-0.1, -0.05) is 38.1 Å². The van der Waals surface area contributed by atoms with Crippen molar-refractivity contribution in [1.29, 1.82) is 0 Å². The molecule has 0 unspecified atom stereocenters. The highest BCUT2D eigenvalue weighted by molar-refractivity contribution is 5.96. The number of aromatic nitrogens is 1. The third kappa shape index (κ3) is 2.68. The van der Waals surface area contributed by atoms with Gasteiger partial charge in [-0.05, 0) is 35.9 Å². The minimum atomic E-state index is -0.188. The van der Waals surface area contributed by atoms with Crippen LogP contribution in [0.1, 0.15) is 35.5 Å². The molecule has 4 nitrogen and oxygen atoms in total. The van der Waals surface area contributed by atoms with E-state index in [1.807, 2.05) is 36.5 Å². The average Bonchev–Trinajstić information content (AvgIpc) is 2.97. The molecular formula is C22H22N2O2. The molecule has 0 saturated heterocycles. The smallest absolute Gasteiger partial charge is 0.257 e. The molecule has 0 atom stereocenters. The van der Waals surface area contributed by atoms with Crippen LogP contribution in [0.5, 0.6) is 5.75 Å². The first-order valence-electron chi connectivity index (χ1n) is 8.74. The Morgan fingerprint density at radius 3 is 2.77 bits per heavy atom. The van der Waals surface area contributed by atoms with Gasteiger partial charge >= 0.3 is 0 Å². The van der Waals surface area contributed by atoms with Crippen LogP contribution in [-0.4, -0.2) is 29.4 Å². The highest BCUT2D eigenvalue weighted by Gasteiger charge is 2.32. The van der Waals surface area contributed by atoms with Crippen molar-refractivity contribution in [2.24, 2.45) is 0 Å². The molecule has 1 N–H and O–H groups in total. The normalized spacial score (nSPS) is 15.6. The first kappa shape index (κ1) is 16.5. The Hall–Kier alpha value is -3.01. The Labute approximate surface area is 153 Å². The molecule has 4 rings (SSSR count). The molecule has 0 radical (unpaired) electrons. The molecule has 0 fully saturated rings. The maximum absolute atomic E-state index is 13.1. The largest absolute Gasteiger partial charge is 0.497 e. The van der Waals surface area contributed by atoms with Gasteiger partial charge in [-0.2, -0.15) is 0 Å². The summed E-state index contributed by atoms with van der Waals surface area (Å²) in [7, 11) is 1.61. The second kappa shape index (κ2) is 6.06. The van der Waals surface area contributed by atoms with Gasteiger partial charge in [-0.15, -0.1) is 0 Å². The number of carbonyl (C=O) groups is 1. The van der Waals surface area contributed by atoms with Crippen LogP contribution in [0, 0.1) is 0 Å². The number of nitrogens with one attached hydrogen (secondary N) is 1. The number of benzene rings is 2. The van der Waals surface area contributed by atoms with E-state index in [-0.39, 0.29) is 11.3 Å². The highest BCUT2D eigenvalue weighted by Crippen LogP contribution is 2.37. The minimum absolute atomic E-state index is 0.0253. The van der Waals surface area contributed by atoms with E-state index in [0.29, 0.717) is 17.9 Å². The van der Waals surface area contributed by atoms with E-state index in [4.69, 9.17) is 4.74 Å². The summed E-state index contributed by atoms with van der Waals surface area (Å²) in [4.78, 5) is 18.3. The van der Waals surface area contributed by atoms with Crippen molar-refractivity contribution in [1.82, 2.24) is 9.88 Å². The number of fused-ring (bicyclic) bond motifs is 3. The number of H-pyrrole nitrogens is 1. The number of carbonyl (C=O) groups excluding carboxylic acids is 1. The van der Waals surface area contributed by atoms with Crippen molar-refractivity contribution in [2.75, 3.05) is 13.7 Å². The van der Waals surface area contributed by atoms with E-state index in [1.54, 1.807) is 18.1 Å². The van der Waals surface area contributed by atoms with Gasteiger partial charge in [-0.25, -0.2) is 0 Å². The summed E-state index contributed by atoms with van der Waals surface area (Å²) in [6, 6.07) is 15.6. The fourth-order valence-corrected chi connectivity index (χ4v) is 3.80. The SMILES string of the molecule is COc1cccc(C(=O)N2C=Cc3[nH]c4ccccc4c3C(C)(C)C2)c1. The minimum Gasteiger partial charge on any atom is -0.497 e. The number of nitrogens with zero attached hydrogens (tertiary/aromatic N) is 1. The molecule has 1 amide bonds. The van der Waals surface area contributed by atoms with E-state index in [9.17, 15) is 4.79 Å². The van der Waals surface area contributed by atoms with Gasteiger partial charge in [0.25, 0.3) is 5.91 Å². The summed E-state index contributed by atoms with van der Waals surface area (Å²) in [5.74, 6) is 0.660. The topological polar surface area (TPSA) is 45.3 Å². The van der Waals surface area contributed by atoms with Crippen LogP contribution in [0.4, 0.5) is 0 Å². The molecule has 1 aliphatic rings. The molecule has 0 aliphatic carbocycles. The molecule has 2 heterocycles. The summed E-state index contributed by atoms with van der Waals surface area (Å²) in [6.45, 7) is 4.98. The number of amides is 1. The summed E-state index contributed by atoms with van der Waals surface area (Å²) in [5, 5.41) is 1.22.